The Morgan fingerprint density at radius 3 is 1.51 bits per heavy atom. The molecule has 0 aromatic heterocycles. The van der Waals surface area contributed by atoms with Crippen LogP contribution < -0.4 is 59.1 Å². The molecule has 0 radical (unpaired) electrons. The summed E-state index contributed by atoms with van der Waals surface area (Å²) < 4.78 is 127. The molecule has 6 aliphatic rings. The van der Waals surface area contributed by atoms with Crippen LogP contribution in [0.3, 0.4) is 0 Å². The number of hydrogen-bond acceptors (Lipinski definition) is 25. The molecule has 25 nitrogen and oxygen atoms in total. The minimum atomic E-state index is -5.54. The molecule has 0 spiro atoms. The second-order valence-corrected chi connectivity index (χ2v) is 14.4. The summed E-state index contributed by atoms with van der Waals surface area (Å²) in [5.41, 5.74) is 0. The van der Waals surface area contributed by atoms with E-state index in [0.29, 0.717) is 0 Å². The van der Waals surface area contributed by atoms with Gasteiger partial charge in [-0.25, -0.2) is 16.8 Å². The Morgan fingerprint density at radius 2 is 0.962 bits per heavy atom. The fourth-order valence-corrected chi connectivity index (χ4v) is 7.76. The Balaban J connectivity index is 0.00000314. The number of ether oxygens (including phenoxy) is 9. The molecule has 0 aliphatic carbocycles. The summed E-state index contributed by atoms with van der Waals surface area (Å²) in [5, 5.41) is 83.5. The molecule has 0 saturated carbocycles. The number of aliphatic hydroxyl groups excluding tert-OH is 8. The van der Waals surface area contributed by atoms with Gasteiger partial charge in [-0.1, -0.05) is 0 Å². The van der Waals surface area contributed by atoms with Crippen molar-refractivity contribution < 1.29 is 177 Å². The van der Waals surface area contributed by atoms with E-state index in [2.05, 4.69) is 8.37 Å². The van der Waals surface area contributed by atoms with Crippen molar-refractivity contribution in [3.8, 4) is 0 Å². The van der Waals surface area contributed by atoms with Gasteiger partial charge in [-0.3, -0.25) is 8.37 Å². The van der Waals surface area contributed by atoms with Crippen molar-refractivity contribution in [1.29, 1.82) is 0 Å². The Labute approximate surface area is 344 Å². The van der Waals surface area contributed by atoms with Crippen molar-refractivity contribution in [2.24, 2.45) is 0 Å². The average Bonchev–Trinajstić information content (AvgIpc) is 3.50. The maximum absolute atomic E-state index is 11.6. The third kappa shape index (κ3) is 10.1. The van der Waals surface area contributed by atoms with Gasteiger partial charge < -0.3 is 92.6 Å². The first kappa shape index (κ1) is 46.7. The smallest absolute Gasteiger partial charge is 0.726 e. The minimum absolute atomic E-state index is 0. The molecule has 1 unspecified atom stereocenters. The predicted molar refractivity (Wildman–Crippen MR) is 144 cm³/mol. The third-order valence-electron chi connectivity index (χ3n) is 9.10. The van der Waals surface area contributed by atoms with Crippen molar-refractivity contribution in [2.75, 3.05) is 26.4 Å². The molecule has 4 bridgehead atoms. The number of rotatable bonds is 12. The van der Waals surface area contributed by atoms with Crippen molar-refractivity contribution >= 4 is 20.8 Å². The topological polar surface area (TPSA) is 378 Å². The molecule has 296 valence electrons. The van der Waals surface area contributed by atoms with E-state index in [1.807, 2.05) is 0 Å². The molecule has 0 aromatic carbocycles. The molecule has 6 saturated heterocycles. The van der Waals surface area contributed by atoms with Crippen LogP contribution in [0.15, 0.2) is 0 Å². The summed E-state index contributed by atoms with van der Waals surface area (Å²) in [5.74, 6) is 0. The Morgan fingerprint density at radius 1 is 0.528 bits per heavy atom. The second-order valence-electron chi connectivity index (χ2n) is 12.3. The molecular weight excluding hydrogens is 798 g/mol. The molecule has 6 heterocycles. The second kappa shape index (κ2) is 18.5. The predicted octanol–water partition coefficient (Wildman–Crippen LogP) is -14.7. The third-order valence-corrected chi connectivity index (χ3v) is 10.0. The van der Waals surface area contributed by atoms with Crippen LogP contribution in [0.25, 0.3) is 0 Å². The van der Waals surface area contributed by atoms with Gasteiger partial charge in [-0.2, -0.15) is 0 Å². The quantitative estimate of drug-likeness (QED) is 0.0514. The van der Waals surface area contributed by atoms with E-state index in [4.69, 9.17) is 42.6 Å². The number of aliphatic hydroxyl groups is 8. The molecule has 8 N–H and O–H groups in total. The van der Waals surface area contributed by atoms with Crippen molar-refractivity contribution in [3.63, 3.8) is 0 Å². The normalized spacial score (nSPS) is 48.5. The van der Waals surface area contributed by atoms with Gasteiger partial charge >= 0.3 is 59.1 Å². The van der Waals surface area contributed by atoms with Crippen LogP contribution >= 0.6 is 0 Å². The van der Waals surface area contributed by atoms with E-state index in [1.165, 1.54) is 0 Å². The van der Waals surface area contributed by atoms with Crippen LogP contribution in [0.5, 0.6) is 0 Å². The van der Waals surface area contributed by atoms with Gasteiger partial charge in [-0.05, 0) is 0 Å². The van der Waals surface area contributed by atoms with E-state index in [1.54, 1.807) is 0 Å². The van der Waals surface area contributed by atoms with E-state index in [0.717, 1.165) is 0 Å². The van der Waals surface area contributed by atoms with Crippen LogP contribution in [0.2, 0.25) is 0 Å². The zero-order chi connectivity index (χ0) is 37.2. The van der Waals surface area contributed by atoms with Crippen LogP contribution in [-0.4, -0.2) is 216 Å². The van der Waals surface area contributed by atoms with Crippen LogP contribution in [0.1, 0.15) is 0 Å². The van der Waals surface area contributed by atoms with E-state index < -0.39 is 157 Å². The molecular formula is C24H36Na2O25S2. The first-order chi connectivity index (χ1) is 23.9. The summed E-state index contributed by atoms with van der Waals surface area (Å²) >= 11 is 0. The molecule has 53 heavy (non-hydrogen) atoms. The SMILES string of the molecule is O=S(=O)([O-])O[C@@H]1[C@H](O[C@H]2O[C@@H]3CO[C@@H]([C@H]3O)[C@H]2O)[C@@H](O)[C@H](O[C@@H]2[C@@H]3OC[C@H]2O[C@H](O[C@H]2[C@@H](OS(=O)(=O)[O-])[C@@H](CO)OC(O)[C@@H]2O)[C@@H]3O)O[C@@H]1CO.[Na+].[Na+]. The summed E-state index contributed by atoms with van der Waals surface area (Å²) in [7, 11) is -11.0. The first-order valence-electron chi connectivity index (χ1n) is 15.3. The fraction of sp³-hybridized carbons (Fsp3) is 1.00. The molecule has 20 atom stereocenters. The number of fused-ring (bicyclic) bond motifs is 4. The van der Waals surface area contributed by atoms with Gasteiger partial charge in [0.15, 0.2) is 25.2 Å². The van der Waals surface area contributed by atoms with E-state index >= 15 is 0 Å². The molecule has 29 heteroatoms. The van der Waals surface area contributed by atoms with Gasteiger partial charge in [0.25, 0.3) is 0 Å². The summed E-state index contributed by atoms with van der Waals surface area (Å²) in [6.07, 6.45) is -34.3. The van der Waals surface area contributed by atoms with Crippen LogP contribution in [0, 0.1) is 0 Å². The summed E-state index contributed by atoms with van der Waals surface area (Å²) in [6, 6.07) is 0. The maximum atomic E-state index is 11.6. The monoisotopic (exact) mass is 834 g/mol. The Hall–Kier alpha value is 1.06. The molecule has 6 rings (SSSR count). The van der Waals surface area contributed by atoms with Crippen LogP contribution in [0.4, 0.5) is 0 Å². The zero-order valence-electron chi connectivity index (χ0n) is 27.7. The van der Waals surface area contributed by atoms with E-state index in [9.17, 15) is 66.8 Å². The van der Waals surface area contributed by atoms with E-state index in [-0.39, 0.29) is 72.3 Å². The van der Waals surface area contributed by atoms with Gasteiger partial charge in [0.1, 0.15) is 97.7 Å². The number of hydrogen-bond donors (Lipinski definition) is 8. The zero-order valence-corrected chi connectivity index (χ0v) is 33.3. The van der Waals surface area contributed by atoms with Crippen molar-refractivity contribution in [2.45, 2.75) is 123 Å². The minimum Gasteiger partial charge on any atom is -0.726 e. The Kier molecular flexibility index (Phi) is 16.4. The van der Waals surface area contributed by atoms with Gasteiger partial charge in [0.05, 0.1) is 26.4 Å². The van der Waals surface area contributed by atoms with Gasteiger partial charge in [-0.15, -0.1) is 0 Å². The summed E-state index contributed by atoms with van der Waals surface area (Å²) in [6.45, 7) is -2.55. The maximum Gasteiger partial charge on any atom is 1.00 e. The fourth-order valence-electron chi connectivity index (χ4n) is 6.75. The molecule has 0 aromatic rings. The molecule has 6 aliphatic heterocycles. The van der Waals surface area contributed by atoms with Gasteiger partial charge in [0.2, 0.25) is 20.8 Å². The molecule has 0 amide bonds. The Bertz CT molecular complexity index is 1430. The van der Waals surface area contributed by atoms with Crippen LogP contribution in [-0.2, 0) is 71.8 Å². The van der Waals surface area contributed by atoms with Gasteiger partial charge in [0, 0.05) is 0 Å². The summed E-state index contributed by atoms with van der Waals surface area (Å²) in [4.78, 5) is 0. The first-order valence-corrected chi connectivity index (χ1v) is 18.0. The van der Waals surface area contributed by atoms with Crippen molar-refractivity contribution in [3.05, 3.63) is 0 Å². The molecule has 6 fully saturated rings. The van der Waals surface area contributed by atoms with Crippen molar-refractivity contribution in [1.82, 2.24) is 0 Å². The average molecular weight is 835 g/mol. The largest absolute Gasteiger partial charge is 1.00 e. The standard InChI is InChI=1S/C24H38O25S2.2Na/c25-1-5-15(48-50(33,34)35)19(10(28)21(32)41-5)46-23-12(30)18-14(8(44-23)4-40-18)45-24-13(31)20(16(6(2-26)42-24)49-51(36,37)38)47-22-11(29)17-9(27)7(43-22)3-39-17;;/h5-32H,1-4H2,(H,33,34,35)(H,36,37,38);;/q;2*+1/p-2/t5-,6-,7-,8-,9+,10-,11-,12-,13-,14+,15+,16+,17+,18-,19-,20-,21?,22-,23-,24+;;/m1../s1.